The molecule has 0 fully saturated rings. The number of aromatic nitrogens is 2. The lowest BCUT2D eigenvalue weighted by molar-refractivity contribution is 0.628. The van der Waals surface area contributed by atoms with Crippen LogP contribution in [0.25, 0.3) is 22.4 Å². The maximum Gasteiger partial charge on any atom is 0.141 e. The van der Waals surface area contributed by atoms with Crippen LogP contribution in [0.4, 0.5) is 4.39 Å². The number of nitrogens with zero attached hydrogens (tertiary/aromatic N) is 2. The van der Waals surface area contributed by atoms with Crippen molar-refractivity contribution in [3.63, 3.8) is 0 Å². The third-order valence-corrected chi connectivity index (χ3v) is 3.45. The first-order valence-electron chi connectivity index (χ1n) is 6.68. The zero-order chi connectivity index (χ0) is 14.1. The molecule has 4 heteroatoms. The monoisotopic (exact) mass is 269 g/mol. The smallest absolute Gasteiger partial charge is 0.141 e. The molecule has 3 nitrogen and oxygen atoms in total. The number of rotatable bonds is 3. The van der Waals surface area contributed by atoms with Gasteiger partial charge in [-0.3, -0.25) is 0 Å². The lowest BCUT2D eigenvalue weighted by Gasteiger charge is -2.07. The molecule has 0 radical (unpaired) electrons. The molecule has 2 aromatic carbocycles. The van der Waals surface area contributed by atoms with E-state index in [-0.39, 0.29) is 5.82 Å². The first-order chi connectivity index (χ1) is 9.72. The Morgan fingerprint density at radius 2 is 2.05 bits per heavy atom. The highest BCUT2D eigenvalue weighted by molar-refractivity contribution is 5.80. The van der Waals surface area contributed by atoms with Gasteiger partial charge >= 0.3 is 0 Å². The van der Waals surface area contributed by atoms with E-state index in [1.165, 1.54) is 12.1 Å². The van der Waals surface area contributed by atoms with Gasteiger partial charge in [-0.15, -0.1) is 0 Å². The summed E-state index contributed by atoms with van der Waals surface area (Å²) in [5.41, 5.74) is 9.38. The fourth-order valence-corrected chi connectivity index (χ4v) is 2.47. The van der Waals surface area contributed by atoms with Crippen molar-refractivity contribution in [3.8, 4) is 11.4 Å². The normalized spacial score (nSPS) is 11.2. The van der Waals surface area contributed by atoms with Crippen LogP contribution in [0.5, 0.6) is 0 Å². The van der Waals surface area contributed by atoms with Gasteiger partial charge in [-0.1, -0.05) is 18.2 Å². The van der Waals surface area contributed by atoms with Crippen LogP contribution in [0.15, 0.2) is 42.5 Å². The van der Waals surface area contributed by atoms with Crippen molar-refractivity contribution in [3.05, 3.63) is 53.8 Å². The highest BCUT2D eigenvalue weighted by Crippen LogP contribution is 2.26. The number of nitrogens with two attached hydrogens (primary N) is 1. The van der Waals surface area contributed by atoms with E-state index in [1.54, 1.807) is 6.07 Å². The summed E-state index contributed by atoms with van der Waals surface area (Å²) in [6.07, 6.45) is 0. The van der Waals surface area contributed by atoms with Gasteiger partial charge in [-0.2, -0.15) is 0 Å². The van der Waals surface area contributed by atoms with E-state index in [1.807, 2.05) is 35.8 Å². The Kier molecular flexibility index (Phi) is 3.24. The molecule has 0 saturated heterocycles. The molecule has 102 valence electrons. The van der Waals surface area contributed by atoms with Gasteiger partial charge in [0.05, 0.1) is 11.0 Å². The van der Waals surface area contributed by atoms with E-state index >= 15 is 0 Å². The molecule has 0 aliphatic carbocycles. The minimum absolute atomic E-state index is 0.241. The first-order valence-corrected chi connectivity index (χ1v) is 6.68. The molecule has 2 N–H and O–H groups in total. The zero-order valence-corrected chi connectivity index (χ0v) is 11.3. The summed E-state index contributed by atoms with van der Waals surface area (Å²) in [4.78, 5) is 4.63. The second-order valence-corrected chi connectivity index (χ2v) is 4.72. The molecule has 0 amide bonds. The van der Waals surface area contributed by atoms with Crippen molar-refractivity contribution in [1.82, 2.24) is 9.55 Å². The number of hydrogen-bond acceptors (Lipinski definition) is 2. The van der Waals surface area contributed by atoms with Crippen molar-refractivity contribution < 1.29 is 4.39 Å². The van der Waals surface area contributed by atoms with Crippen LogP contribution in [0.3, 0.4) is 0 Å². The Morgan fingerprint density at radius 3 is 2.80 bits per heavy atom. The van der Waals surface area contributed by atoms with Crippen molar-refractivity contribution in [1.29, 1.82) is 0 Å². The number of aryl methyl sites for hydroxylation is 1. The average molecular weight is 269 g/mol. The Hall–Kier alpha value is -2.20. The van der Waals surface area contributed by atoms with Gasteiger partial charge in [-0.05, 0) is 36.8 Å². The highest BCUT2D eigenvalue weighted by atomic mass is 19.1. The van der Waals surface area contributed by atoms with Crippen LogP contribution in [-0.4, -0.2) is 9.55 Å². The van der Waals surface area contributed by atoms with Crippen molar-refractivity contribution in [2.75, 3.05) is 0 Å². The van der Waals surface area contributed by atoms with Crippen LogP contribution < -0.4 is 5.73 Å². The topological polar surface area (TPSA) is 43.8 Å². The van der Waals surface area contributed by atoms with E-state index in [4.69, 9.17) is 5.73 Å². The molecule has 1 heterocycles. The number of fused-ring (bicyclic) bond motifs is 1. The summed E-state index contributed by atoms with van der Waals surface area (Å²) in [5, 5.41) is 0. The Labute approximate surface area is 116 Å². The van der Waals surface area contributed by atoms with Crippen molar-refractivity contribution in [2.45, 2.75) is 20.0 Å². The van der Waals surface area contributed by atoms with Gasteiger partial charge in [0.2, 0.25) is 0 Å². The molecule has 0 bridgehead atoms. The van der Waals surface area contributed by atoms with Crippen LogP contribution >= 0.6 is 0 Å². The minimum atomic E-state index is -0.241. The van der Waals surface area contributed by atoms with Gasteiger partial charge in [-0.25, -0.2) is 9.37 Å². The van der Waals surface area contributed by atoms with E-state index in [0.717, 1.165) is 34.5 Å². The minimum Gasteiger partial charge on any atom is -0.326 e. The number of imidazole rings is 1. The lowest BCUT2D eigenvalue weighted by atomic mass is 10.1. The SMILES string of the molecule is CCn1c(-c2cccc(CN)c2)nc2ccc(F)cc21. The molecular weight excluding hydrogens is 253 g/mol. The molecule has 3 aromatic rings. The van der Waals surface area contributed by atoms with Gasteiger partial charge in [0.25, 0.3) is 0 Å². The first kappa shape index (κ1) is 12.8. The molecule has 1 aromatic heterocycles. The summed E-state index contributed by atoms with van der Waals surface area (Å²) in [6.45, 7) is 3.26. The highest BCUT2D eigenvalue weighted by Gasteiger charge is 2.12. The van der Waals surface area contributed by atoms with E-state index in [0.29, 0.717) is 6.54 Å². The summed E-state index contributed by atoms with van der Waals surface area (Å²) in [5.74, 6) is 0.609. The molecule has 0 saturated carbocycles. The van der Waals surface area contributed by atoms with Crippen molar-refractivity contribution >= 4 is 11.0 Å². The fourth-order valence-electron chi connectivity index (χ4n) is 2.47. The second kappa shape index (κ2) is 5.06. The molecule has 20 heavy (non-hydrogen) atoms. The molecule has 0 aliphatic heterocycles. The maximum atomic E-state index is 13.4. The molecule has 3 rings (SSSR count). The molecule has 0 spiro atoms. The Balaban J connectivity index is 2.24. The van der Waals surface area contributed by atoms with Gasteiger partial charge in [0.15, 0.2) is 0 Å². The largest absolute Gasteiger partial charge is 0.326 e. The predicted molar refractivity (Wildman–Crippen MR) is 78.7 cm³/mol. The van der Waals surface area contributed by atoms with Crippen LogP contribution in [0.1, 0.15) is 12.5 Å². The van der Waals surface area contributed by atoms with E-state index in [9.17, 15) is 4.39 Å². The number of benzene rings is 2. The predicted octanol–water partition coefficient (Wildman–Crippen LogP) is 3.32. The third-order valence-electron chi connectivity index (χ3n) is 3.45. The zero-order valence-electron chi connectivity index (χ0n) is 11.3. The summed E-state index contributed by atoms with van der Waals surface area (Å²) < 4.78 is 15.4. The number of halogens is 1. The number of hydrogen-bond donors (Lipinski definition) is 1. The lowest BCUT2D eigenvalue weighted by Crippen LogP contribution is -2.00. The van der Waals surface area contributed by atoms with Crippen LogP contribution in [0.2, 0.25) is 0 Å². The average Bonchev–Trinajstić information content (AvgIpc) is 2.85. The maximum absolute atomic E-state index is 13.4. The molecule has 0 atom stereocenters. The van der Waals surface area contributed by atoms with Gasteiger partial charge in [0, 0.05) is 18.7 Å². The fraction of sp³-hybridized carbons (Fsp3) is 0.188. The second-order valence-electron chi connectivity index (χ2n) is 4.72. The third kappa shape index (κ3) is 2.08. The van der Waals surface area contributed by atoms with E-state index < -0.39 is 0 Å². The summed E-state index contributed by atoms with van der Waals surface area (Å²) >= 11 is 0. The molecular formula is C16H16FN3. The van der Waals surface area contributed by atoms with E-state index in [2.05, 4.69) is 4.98 Å². The van der Waals surface area contributed by atoms with Gasteiger partial charge < -0.3 is 10.3 Å². The quantitative estimate of drug-likeness (QED) is 0.792. The molecule has 0 unspecified atom stereocenters. The van der Waals surface area contributed by atoms with Crippen molar-refractivity contribution in [2.24, 2.45) is 5.73 Å². The summed E-state index contributed by atoms with van der Waals surface area (Å²) in [6, 6.07) is 12.7. The molecule has 0 aliphatic rings. The summed E-state index contributed by atoms with van der Waals surface area (Å²) in [7, 11) is 0. The van der Waals surface area contributed by atoms with Crippen LogP contribution in [0, 0.1) is 5.82 Å². The van der Waals surface area contributed by atoms with Crippen LogP contribution in [-0.2, 0) is 13.1 Å². The Bertz CT molecular complexity index is 762. The standard InChI is InChI=1S/C16H16FN3/c1-2-20-15-9-13(17)6-7-14(15)19-16(20)12-5-3-4-11(8-12)10-18/h3-9H,2,10,18H2,1H3. The van der Waals surface area contributed by atoms with Gasteiger partial charge in [0.1, 0.15) is 11.6 Å². The Morgan fingerprint density at radius 1 is 1.20 bits per heavy atom.